The molecule has 7 nitrogen and oxygen atoms in total. The van der Waals surface area contributed by atoms with Gasteiger partial charge in [0.15, 0.2) is 5.82 Å². The van der Waals surface area contributed by atoms with Crippen molar-refractivity contribution in [3.8, 4) is 0 Å². The van der Waals surface area contributed by atoms with Crippen molar-refractivity contribution in [2.75, 3.05) is 13.1 Å². The summed E-state index contributed by atoms with van der Waals surface area (Å²) >= 11 is 1.31. The Labute approximate surface area is 96.1 Å². The van der Waals surface area contributed by atoms with Crippen LogP contribution in [0.4, 0.5) is 0 Å². The summed E-state index contributed by atoms with van der Waals surface area (Å²) in [7, 11) is 0. The zero-order valence-electron chi connectivity index (χ0n) is 8.50. The fourth-order valence-corrected chi connectivity index (χ4v) is 2.06. The normalized spacial score (nSPS) is 18.5. The van der Waals surface area contributed by atoms with Crippen LogP contribution in [-0.4, -0.2) is 32.5 Å². The van der Waals surface area contributed by atoms with Crippen molar-refractivity contribution in [3.05, 3.63) is 33.2 Å². The van der Waals surface area contributed by atoms with Gasteiger partial charge in [0, 0.05) is 13.1 Å². The minimum absolute atomic E-state index is 0.439. The van der Waals surface area contributed by atoms with E-state index in [9.17, 15) is 10.1 Å². The molecule has 16 heavy (non-hydrogen) atoms. The SMILES string of the molecule is O=[N+]([O-])C=C1NCCCN1Cc1cnns1. The van der Waals surface area contributed by atoms with Crippen LogP contribution in [0, 0.1) is 10.1 Å². The van der Waals surface area contributed by atoms with Crippen molar-refractivity contribution in [3.63, 3.8) is 0 Å². The quantitative estimate of drug-likeness (QED) is 0.609. The lowest BCUT2D eigenvalue weighted by molar-refractivity contribution is -0.405. The second kappa shape index (κ2) is 4.88. The Morgan fingerprint density at radius 3 is 3.31 bits per heavy atom. The zero-order chi connectivity index (χ0) is 11.4. The van der Waals surface area contributed by atoms with Gasteiger partial charge in [-0.15, -0.1) is 5.10 Å². The first-order chi connectivity index (χ1) is 7.75. The highest BCUT2D eigenvalue weighted by Gasteiger charge is 2.18. The van der Waals surface area contributed by atoms with Crippen molar-refractivity contribution < 1.29 is 4.92 Å². The molecule has 0 amide bonds. The maximum atomic E-state index is 10.5. The Kier molecular flexibility index (Phi) is 3.30. The Balaban J connectivity index is 2.08. The molecule has 2 heterocycles. The minimum Gasteiger partial charge on any atom is -0.367 e. The van der Waals surface area contributed by atoms with Crippen molar-refractivity contribution in [2.45, 2.75) is 13.0 Å². The number of rotatable bonds is 3. The molecular weight excluding hydrogens is 230 g/mol. The second-order valence-corrected chi connectivity index (χ2v) is 4.26. The first-order valence-corrected chi connectivity index (χ1v) is 5.63. The lowest BCUT2D eigenvalue weighted by atomic mass is 10.3. The molecule has 1 saturated heterocycles. The molecule has 0 saturated carbocycles. The molecular formula is C8H11N5O2S. The summed E-state index contributed by atoms with van der Waals surface area (Å²) < 4.78 is 3.76. The Bertz CT molecular complexity index is 391. The third-order valence-corrected chi connectivity index (χ3v) is 2.88. The molecule has 0 spiro atoms. The highest BCUT2D eigenvalue weighted by molar-refractivity contribution is 7.05. The summed E-state index contributed by atoms with van der Waals surface area (Å²) in [5.74, 6) is 0.560. The van der Waals surface area contributed by atoms with Gasteiger partial charge in [0.2, 0.25) is 0 Å². The maximum Gasteiger partial charge on any atom is 0.274 e. The average Bonchev–Trinajstić information content (AvgIpc) is 2.73. The molecule has 1 aliphatic heterocycles. The van der Waals surface area contributed by atoms with Gasteiger partial charge in [-0.2, -0.15) is 0 Å². The van der Waals surface area contributed by atoms with E-state index in [2.05, 4.69) is 14.9 Å². The molecule has 0 aliphatic carbocycles. The van der Waals surface area contributed by atoms with Crippen LogP contribution >= 0.6 is 11.5 Å². The van der Waals surface area contributed by atoms with E-state index in [1.54, 1.807) is 6.20 Å². The topological polar surface area (TPSA) is 84.2 Å². The molecule has 1 fully saturated rings. The highest BCUT2D eigenvalue weighted by Crippen LogP contribution is 2.14. The van der Waals surface area contributed by atoms with E-state index in [-0.39, 0.29) is 0 Å². The number of nitrogens with one attached hydrogen (secondary N) is 1. The van der Waals surface area contributed by atoms with E-state index < -0.39 is 4.92 Å². The summed E-state index contributed by atoms with van der Waals surface area (Å²) in [5.41, 5.74) is 0. The van der Waals surface area contributed by atoms with E-state index in [0.29, 0.717) is 12.4 Å². The number of nitro groups is 1. The number of aromatic nitrogens is 2. The summed E-state index contributed by atoms with van der Waals surface area (Å²) in [6, 6.07) is 0. The van der Waals surface area contributed by atoms with E-state index in [1.165, 1.54) is 11.5 Å². The van der Waals surface area contributed by atoms with Gasteiger partial charge in [-0.25, -0.2) is 0 Å². The molecule has 0 atom stereocenters. The molecule has 1 aliphatic rings. The van der Waals surface area contributed by atoms with Crippen LogP contribution < -0.4 is 5.32 Å². The number of nitrogens with zero attached hydrogens (tertiary/aromatic N) is 4. The van der Waals surface area contributed by atoms with Gasteiger partial charge in [0.05, 0.1) is 22.5 Å². The zero-order valence-corrected chi connectivity index (χ0v) is 9.31. The van der Waals surface area contributed by atoms with Crippen LogP contribution in [0.2, 0.25) is 0 Å². The maximum absolute atomic E-state index is 10.5. The van der Waals surface area contributed by atoms with Gasteiger partial charge in [-0.3, -0.25) is 10.1 Å². The average molecular weight is 241 g/mol. The first-order valence-electron chi connectivity index (χ1n) is 4.86. The fraction of sp³-hybridized carbons (Fsp3) is 0.500. The van der Waals surface area contributed by atoms with Gasteiger partial charge < -0.3 is 10.2 Å². The summed E-state index contributed by atoms with van der Waals surface area (Å²) in [6.45, 7) is 2.20. The molecule has 0 unspecified atom stereocenters. The fourth-order valence-electron chi connectivity index (χ4n) is 1.56. The smallest absolute Gasteiger partial charge is 0.274 e. The van der Waals surface area contributed by atoms with Gasteiger partial charge in [0.25, 0.3) is 6.20 Å². The molecule has 1 N–H and O–H groups in total. The van der Waals surface area contributed by atoms with Crippen LogP contribution in [0.1, 0.15) is 11.3 Å². The molecule has 1 aromatic heterocycles. The molecule has 8 heteroatoms. The minimum atomic E-state index is -0.439. The van der Waals surface area contributed by atoms with E-state index >= 15 is 0 Å². The highest BCUT2D eigenvalue weighted by atomic mass is 32.1. The largest absolute Gasteiger partial charge is 0.367 e. The van der Waals surface area contributed by atoms with Gasteiger partial charge in [-0.05, 0) is 18.0 Å². The molecule has 86 valence electrons. The van der Waals surface area contributed by atoms with Crippen LogP contribution in [-0.2, 0) is 6.54 Å². The monoisotopic (exact) mass is 241 g/mol. The van der Waals surface area contributed by atoms with Crippen LogP contribution in [0.3, 0.4) is 0 Å². The predicted molar refractivity (Wildman–Crippen MR) is 58.0 cm³/mol. The van der Waals surface area contributed by atoms with E-state index in [4.69, 9.17) is 0 Å². The van der Waals surface area contributed by atoms with E-state index in [0.717, 1.165) is 30.6 Å². The Hall–Kier alpha value is -1.70. The molecule has 0 radical (unpaired) electrons. The lowest BCUT2D eigenvalue weighted by Crippen LogP contribution is -2.39. The van der Waals surface area contributed by atoms with E-state index in [1.807, 2.05) is 4.90 Å². The standard InChI is InChI=1S/C8H11N5O2S/c14-13(15)6-8-9-2-1-3-12(8)5-7-4-10-11-16-7/h4,6,9H,1-3,5H2. The third kappa shape index (κ3) is 2.66. The first kappa shape index (κ1) is 10.8. The Morgan fingerprint density at radius 1 is 1.75 bits per heavy atom. The number of hydrogen-bond acceptors (Lipinski definition) is 7. The molecule has 2 rings (SSSR count). The third-order valence-electron chi connectivity index (χ3n) is 2.23. The van der Waals surface area contributed by atoms with Crippen LogP contribution in [0.25, 0.3) is 0 Å². The second-order valence-electron chi connectivity index (χ2n) is 3.39. The van der Waals surface area contributed by atoms with Gasteiger partial charge in [-0.1, -0.05) is 4.49 Å². The van der Waals surface area contributed by atoms with Crippen molar-refractivity contribution in [1.29, 1.82) is 0 Å². The summed E-state index contributed by atoms with van der Waals surface area (Å²) in [4.78, 5) is 12.9. The lowest BCUT2D eigenvalue weighted by Gasteiger charge is -2.30. The van der Waals surface area contributed by atoms with Crippen molar-refractivity contribution in [1.82, 2.24) is 19.8 Å². The number of hydrogen-bond donors (Lipinski definition) is 1. The van der Waals surface area contributed by atoms with Crippen molar-refractivity contribution >= 4 is 11.5 Å². The molecule has 1 aromatic rings. The summed E-state index contributed by atoms with van der Waals surface area (Å²) in [5, 5.41) is 17.2. The molecule has 0 bridgehead atoms. The van der Waals surface area contributed by atoms with Crippen molar-refractivity contribution in [2.24, 2.45) is 0 Å². The van der Waals surface area contributed by atoms with Gasteiger partial charge >= 0.3 is 0 Å². The summed E-state index contributed by atoms with van der Waals surface area (Å²) in [6.07, 6.45) is 3.66. The predicted octanol–water partition coefficient (Wildman–Crippen LogP) is 0.409. The van der Waals surface area contributed by atoms with Crippen LogP contribution in [0.15, 0.2) is 18.2 Å². The molecule has 0 aromatic carbocycles. The van der Waals surface area contributed by atoms with Crippen LogP contribution in [0.5, 0.6) is 0 Å². The van der Waals surface area contributed by atoms with Gasteiger partial charge in [0.1, 0.15) is 0 Å². The Morgan fingerprint density at radius 2 is 2.62 bits per heavy atom.